The largest absolute Gasteiger partial charge is 0.481 e. The Labute approximate surface area is 184 Å². The van der Waals surface area contributed by atoms with Crippen molar-refractivity contribution in [3.05, 3.63) is 0 Å². The molecule has 0 aromatic heterocycles. The van der Waals surface area contributed by atoms with Gasteiger partial charge in [0.05, 0.1) is 13.2 Å². The van der Waals surface area contributed by atoms with E-state index in [-0.39, 0.29) is 12.8 Å². The summed E-state index contributed by atoms with van der Waals surface area (Å²) in [6.45, 7) is 7.05. The molecule has 1 N–H and O–H groups in total. The summed E-state index contributed by atoms with van der Waals surface area (Å²) < 4.78 is 17.2. The van der Waals surface area contributed by atoms with E-state index < -0.39 is 17.9 Å². The van der Waals surface area contributed by atoms with Gasteiger partial charge in [0.25, 0.3) is 0 Å². The quantitative estimate of drug-likeness (QED) is 0.118. The Bertz CT molecular complexity index is 406. The van der Waals surface area contributed by atoms with Crippen molar-refractivity contribution in [1.29, 1.82) is 0 Å². The number of unbranched alkanes of at least 4 members (excludes halogenated alkanes) is 11. The van der Waals surface area contributed by atoms with Crippen molar-refractivity contribution in [2.24, 2.45) is 0 Å². The van der Waals surface area contributed by atoms with E-state index >= 15 is 0 Å². The van der Waals surface area contributed by atoms with Crippen LogP contribution in [0.5, 0.6) is 0 Å². The first-order chi connectivity index (χ1) is 14.4. The van der Waals surface area contributed by atoms with Gasteiger partial charge in [-0.3, -0.25) is 9.59 Å². The maximum atomic E-state index is 12.2. The number of hydrogen-bond donors (Lipinski definition) is 1. The van der Waals surface area contributed by atoms with Crippen LogP contribution in [0.25, 0.3) is 0 Å². The molecule has 0 aromatic carbocycles. The van der Waals surface area contributed by atoms with Crippen LogP contribution in [0.2, 0.25) is 0 Å². The van der Waals surface area contributed by atoms with Gasteiger partial charge in [-0.1, -0.05) is 78.1 Å². The lowest BCUT2D eigenvalue weighted by Crippen LogP contribution is -2.38. The molecule has 0 spiro atoms. The summed E-state index contributed by atoms with van der Waals surface area (Å²) in [6.07, 6.45) is 15.0. The van der Waals surface area contributed by atoms with E-state index in [1.807, 2.05) is 0 Å². The van der Waals surface area contributed by atoms with E-state index in [1.165, 1.54) is 51.4 Å². The van der Waals surface area contributed by atoms with Gasteiger partial charge in [-0.15, -0.1) is 0 Å². The minimum Gasteiger partial charge on any atom is -0.481 e. The van der Waals surface area contributed by atoms with Crippen molar-refractivity contribution < 1.29 is 28.9 Å². The Balaban J connectivity index is 4.29. The molecule has 0 atom stereocenters. The molecular weight excluding hydrogens is 384 g/mol. The zero-order valence-electron chi connectivity index (χ0n) is 19.7. The van der Waals surface area contributed by atoms with Crippen LogP contribution in [0.1, 0.15) is 124 Å². The number of carbonyl (C=O) groups is 2. The molecule has 0 amide bonds. The molecule has 0 rings (SSSR count). The first-order valence-electron chi connectivity index (χ1n) is 12.1. The van der Waals surface area contributed by atoms with Crippen LogP contribution in [0, 0.1) is 0 Å². The number of carboxylic acids is 1. The van der Waals surface area contributed by atoms with Gasteiger partial charge in [0.2, 0.25) is 0 Å². The fourth-order valence-corrected chi connectivity index (χ4v) is 3.18. The molecule has 30 heavy (non-hydrogen) atoms. The Morgan fingerprint density at radius 2 is 1.10 bits per heavy atom. The van der Waals surface area contributed by atoms with Crippen LogP contribution in [-0.4, -0.2) is 36.2 Å². The average molecular weight is 431 g/mol. The predicted octanol–water partition coefficient (Wildman–Crippen LogP) is 6.60. The fraction of sp³-hybridized carbons (Fsp3) is 0.917. The smallest absolute Gasteiger partial charge is 0.326 e. The minimum atomic E-state index is -1.36. The lowest BCUT2D eigenvalue weighted by molar-refractivity contribution is -0.353. The van der Waals surface area contributed by atoms with Gasteiger partial charge < -0.3 is 19.3 Å². The molecule has 6 nitrogen and oxygen atoms in total. The van der Waals surface area contributed by atoms with Crippen molar-refractivity contribution in [2.45, 2.75) is 129 Å². The van der Waals surface area contributed by atoms with Crippen molar-refractivity contribution in [3.63, 3.8) is 0 Å². The Morgan fingerprint density at radius 1 is 0.667 bits per heavy atom. The van der Waals surface area contributed by atoms with E-state index in [2.05, 4.69) is 13.8 Å². The fourth-order valence-electron chi connectivity index (χ4n) is 3.18. The van der Waals surface area contributed by atoms with Crippen LogP contribution in [0.4, 0.5) is 0 Å². The standard InChI is InChI=1S/C24H46O6/c1-4-6-8-10-12-16-20-28-24(3,29-21-17-13-11-9-7-5-2)30-23(27)19-15-14-18-22(25)26/h4-21H2,1-3H3,(H,25,26). The van der Waals surface area contributed by atoms with Gasteiger partial charge in [-0.05, 0) is 25.7 Å². The maximum absolute atomic E-state index is 12.2. The molecule has 0 aromatic rings. The van der Waals surface area contributed by atoms with E-state index in [1.54, 1.807) is 6.92 Å². The molecule has 0 aliphatic rings. The highest BCUT2D eigenvalue weighted by Gasteiger charge is 2.30. The first kappa shape index (κ1) is 28.9. The van der Waals surface area contributed by atoms with Crippen LogP contribution in [0.15, 0.2) is 0 Å². The van der Waals surface area contributed by atoms with Crippen LogP contribution >= 0.6 is 0 Å². The number of rotatable bonds is 22. The van der Waals surface area contributed by atoms with Crippen LogP contribution < -0.4 is 0 Å². The van der Waals surface area contributed by atoms with Gasteiger partial charge in [-0.25, -0.2) is 0 Å². The number of esters is 1. The molecule has 0 bridgehead atoms. The molecule has 178 valence electrons. The zero-order valence-corrected chi connectivity index (χ0v) is 19.7. The summed E-state index contributed by atoms with van der Waals surface area (Å²) in [5.41, 5.74) is 0. The van der Waals surface area contributed by atoms with Crippen molar-refractivity contribution in [1.82, 2.24) is 0 Å². The van der Waals surface area contributed by atoms with Gasteiger partial charge in [-0.2, -0.15) is 0 Å². The second-order valence-corrected chi connectivity index (χ2v) is 8.17. The predicted molar refractivity (Wildman–Crippen MR) is 119 cm³/mol. The summed E-state index contributed by atoms with van der Waals surface area (Å²) in [5, 5.41) is 8.69. The van der Waals surface area contributed by atoms with Gasteiger partial charge >= 0.3 is 17.9 Å². The summed E-state index contributed by atoms with van der Waals surface area (Å²) in [4.78, 5) is 22.8. The van der Waals surface area contributed by atoms with E-state index in [4.69, 9.17) is 19.3 Å². The third-order valence-corrected chi connectivity index (χ3v) is 5.05. The van der Waals surface area contributed by atoms with Crippen LogP contribution in [0.3, 0.4) is 0 Å². The zero-order chi connectivity index (χ0) is 22.5. The highest BCUT2D eigenvalue weighted by atomic mass is 16.9. The van der Waals surface area contributed by atoms with E-state index in [9.17, 15) is 9.59 Å². The number of ether oxygens (including phenoxy) is 3. The SMILES string of the molecule is CCCCCCCCOC(C)(OCCCCCCCC)OC(=O)CCCCC(=O)O. The Hall–Kier alpha value is -1.14. The second kappa shape index (κ2) is 19.8. The van der Waals surface area contributed by atoms with Crippen molar-refractivity contribution in [2.75, 3.05) is 13.2 Å². The molecule has 0 fully saturated rings. The third-order valence-electron chi connectivity index (χ3n) is 5.05. The summed E-state index contributed by atoms with van der Waals surface area (Å²) >= 11 is 0. The number of aliphatic carboxylic acids is 1. The van der Waals surface area contributed by atoms with Gasteiger partial charge in [0.15, 0.2) is 0 Å². The lowest BCUT2D eigenvalue weighted by atomic mass is 10.1. The molecule has 0 aliphatic carbocycles. The molecule has 0 saturated heterocycles. The van der Waals surface area contributed by atoms with Crippen molar-refractivity contribution >= 4 is 11.9 Å². The molecule has 0 saturated carbocycles. The average Bonchev–Trinajstić information content (AvgIpc) is 2.70. The topological polar surface area (TPSA) is 82.1 Å². The number of carboxylic acid groups (broad SMARTS) is 1. The number of hydrogen-bond acceptors (Lipinski definition) is 5. The summed E-state index contributed by atoms with van der Waals surface area (Å²) in [6, 6.07) is 0. The lowest BCUT2D eigenvalue weighted by Gasteiger charge is -2.29. The van der Waals surface area contributed by atoms with E-state index in [0.29, 0.717) is 26.1 Å². The number of carbonyl (C=O) groups excluding carboxylic acids is 1. The molecular formula is C24H46O6. The third kappa shape index (κ3) is 18.9. The Morgan fingerprint density at radius 3 is 1.57 bits per heavy atom. The van der Waals surface area contributed by atoms with Gasteiger partial charge in [0, 0.05) is 19.8 Å². The summed E-state index contributed by atoms with van der Waals surface area (Å²) in [5.74, 6) is -2.62. The molecule has 0 radical (unpaired) electrons. The summed E-state index contributed by atoms with van der Waals surface area (Å²) in [7, 11) is 0. The molecule has 0 heterocycles. The van der Waals surface area contributed by atoms with Crippen LogP contribution in [-0.2, 0) is 23.8 Å². The minimum absolute atomic E-state index is 0.0631. The second-order valence-electron chi connectivity index (χ2n) is 8.17. The first-order valence-corrected chi connectivity index (χ1v) is 12.1. The maximum Gasteiger partial charge on any atom is 0.326 e. The molecule has 6 heteroatoms. The Kier molecular flexibility index (Phi) is 19.0. The normalized spacial score (nSPS) is 11.6. The van der Waals surface area contributed by atoms with Gasteiger partial charge in [0.1, 0.15) is 0 Å². The molecule has 0 aliphatic heterocycles. The highest BCUT2D eigenvalue weighted by Crippen LogP contribution is 2.19. The van der Waals surface area contributed by atoms with E-state index in [0.717, 1.165) is 25.7 Å². The van der Waals surface area contributed by atoms with Crippen molar-refractivity contribution in [3.8, 4) is 0 Å². The molecule has 0 unspecified atom stereocenters. The monoisotopic (exact) mass is 430 g/mol. The highest BCUT2D eigenvalue weighted by molar-refractivity contribution is 5.70.